The molecule has 0 bridgehead atoms. The fourth-order valence-electron chi connectivity index (χ4n) is 3.61. The first kappa shape index (κ1) is 25.9. The van der Waals surface area contributed by atoms with Gasteiger partial charge in [0.1, 0.15) is 6.61 Å². The maximum absolute atomic E-state index is 12.6. The number of β-amino-alcohol motifs (C(OH)–C–C–N with tert-alkyl or cyclic N) is 1. The molecule has 2 atom stereocenters. The Balaban J connectivity index is 2.11. The Kier molecular flexibility index (Phi) is 14.8. The number of aliphatic hydroxyl groups excluding tert-OH is 1. The lowest BCUT2D eigenvalue weighted by atomic mass is 9.99. The van der Waals surface area contributed by atoms with E-state index in [2.05, 4.69) is 4.74 Å². The van der Waals surface area contributed by atoms with Crippen LogP contribution in [-0.2, 0) is 24.1 Å². The molecule has 7 nitrogen and oxygen atoms in total. The highest BCUT2D eigenvalue weighted by molar-refractivity contribution is 5.76. The van der Waals surface area contributed by atoms with Crippen molar-refractivity contribution >= 4 is 11.9 Å². The number of hydrogen-bond acceptors (Lipinski definition) is 6. The van der Waals surface area contributed by atoms with E-state index in [1.54, 1.807) is 4.90 Å². The summed E-state index contributed by atoms with van der Waals surface area (Å²) in [6.45, 7) is 3.33. The smallest absolute Gasteiger partial charge is 0.305 e. The molecule has 1 amide bonds. The van der Waals surface area contributed by atoms with E-state index < -0.39 is 6.10 Å². The van der Waals surface area contributed by atoms with Crippen molar-refractivity contribution in [1.29, 1.82) is 0 Å². The number of methoxy groups -OCH3 is 1. The lowest BCUT2D eigenvalue weighted by Crippen LogP contribution is -2.50. The molecule has 1 N–H and O–H groups in total. The zero-order chi connectivity index (χ0) is 21.3. The van der Waals surface area contributed by atoms with Gasteiger partial charge in [0.2, 0.25) is 5.91 Å². The summed E-state index contributed by atoms with van der Waals surface area (Å²) < 4.78 is 4.63. The number of esters is 1. The predicted octanol–water partition coefficient (Wildman–Crippen LogP) is 3.77. The molecule has 1 heterocycles. The Labute approximate surface area is 176 Å². The van der Waals surface area contributed by atoms with Gasteiger partial charge in [-0.15, -0.1) is 0 Å². The Morgan fingerprint density at radius 3 is 2.17 bits per heavy atom. The number of piperidine rings is 1. The summed E-state index contributed by atoms with van der Waals surface area (Å²) in [4.78, 5) is 35.8. The van der Waals surface area contributed by atoms with Gasteiger partial charge >= 0.3 is 5.97 Å². The molecule has 0 aliphatic carbocycles. The molecule has 1 aliphatic rings. The number of rotatable bonds is 16. The molecule has 1 fully saturated rings. The van der Waals surface area contributed by atoms with Gasteiger partial charge in [-0.3, -0.25) is 9.59 Å². The number of nitrogens with zero attached hydrogens (tertiary/aromatic N) is 1. The third-order valence-corrected chi connectivity index (χ3v) is 5.38. The van der Waals surface area contributed by atoms with Crippen LogP contribution in [0.4, 0.5) is 0 Å². The first-order valence-corrected chi connectivity index (χ1v) is 11.4. The van der Waals surface area contributed by atoms with E-state index in [4.69, 9.17) is 9.78 Å². The number of likely N-dealkylation sites (tertiary alicyclic amines) is 1. The minimum Gasteiger partial charge on any atom is -0.469 e. The first-order chi connectivity index (χ1) is 14.1. The molecule has 29 heavy (non-hydrogen) atoms. The van der Waals surface area contributed by atoms with Crippen molar-refractivity contribution in [3.63, 3.8) is 0 Å². The Hall–Kier alpha value is -1.18. The largest absolute Gasteiger partial charge is 0.469 e. The minimum absolute atomic E-state index is 0.00672. The van der Waals surface area contributed by atoms with Crippen molar-refractivity contribution < 1.29 is 29.2 Å². The van der Waals surface area contributed by atoms with Crippen LogP contribution in [0.5, 0.6) is 0 Å². The van der Waals surface area contributed by atoms with E-state index >= 15 is 0 Å². The first-order valence-electron chi connectivity index (χ1n) is 11.4. The van der Waals surface area contributed by atoms with E-state index in [1.165, 1.54) is 20.0 Å². The summed E-state index contributed by atoms with van der Waals surface area (Å²) in [5.74, 6) is -0.0196. The van der Waals surface area contributed by atoms with Crippen LogP contribution in [0.2, 0.25) is 0 Å². The molecule has 0 unspecified atom stereocenters. The van der Waals surface area contributed by atoms with Crippen LogP contribution in [0.15, 0.2) is 0 Å². The molecule has 0 spiro atoms. The molecule has 0 radical (unpaired) electrons. The van der Waals surface area contributed by atoms with Crippen LogP contribution >= 0.6 is 0 Å². The number of unbranched alkanes of at least 4 members (excludes halogenated alkanes) is 7. The van der Waals surface area contributed by atoms with Crippen molar-refractivity contribution in [2.75, 3.05) is 26.9 Å². The van der Waals surface area contributed by atoms with Gasteiger partial charge in [0, 0.05) is 19.4 Å². The molecule has 1 aliphatic heterocycles. The summed E-state index contributed by atoms with van der Waals surface area (Å²) in [5.41, 5.74) is 0. The summed E-state index contributed by atoms with van der Waals surface area (Å²) in [6, 6.07) is -0.00672. The van der Waals surface area contributed by atoms with E-state index in [-0.39, 0.29) is 17.9 Å². The SMILES string of the molecule is CCCOOC[C@H]1CC[C@@H](O)CN1C(=O)CCCCCCCCCCC(=O)OC. The van der Waals surface area contributed by atoms with Gasteiger partial charge in [-0.2, -0.15) is 0 Å². The number of hydrogen-bond donors (Lipinski definition) is 1. The second-order valence-electron chi connectivity index (χ2n) is 7.94. The third kappa shape index (κ3) is 12.2. The zero-order valence-corrected chi connectivity index (χ0v) is 18.4. The summed E-state index contributed by atoms with van der Waals surface area (Å²) in [7, 11) is 1.43. The number of carbonyl (C=O) groups excluding carboxylic acids is 2. The van der Waals surface area contributed by atoms with E-state index in [9.17, 15) is 14.7 Å². The van der Waals surface area contributed by atoms with Crippen LogP contribution in [0, 0.1) is 0 Å². The van der Waals surface area contributed by atoms with Gasteiger partial charge in [0.25, 0.3) is 0 Å². The number of carbonyl (C=O) groups is 2. The molecule has 170 valence electrons. The maximum atomic E-state index is 12.6. The molecule has 1 saturated heterocycles. The van der Waals surface area contributed by atoms with Gasteiger partial charge in [-0.05, 0) is 32.1 Å². The number of ether oxygens (including phenoxy) is 1. The van der Waals surface area contributed by atoms with Gasteiger partial charge in [0.05, 0.1) is 25.9 Å². The van der Waals surface area contributed by atoms with Crippen LogP contribution in [0.3, 0.4) is 0 Å². The van der Waals surface area contributed by atoms with Crippen molar-refractivity contribution in [1.82, 2.24) is 4.90 Å². The Bertz CT molecular complexity index is 445. The zero-order valence-electron chi connectivity index (χ0n) is 18.4. The van der Waals surface area contributed by atoms with Crippen LogP contribution in [0.25, 0.3) is 0 Å². The Morgan fingerprint density at radius 1 is 0.931 bits per heavy atom. The van der Waals surface area contributed by atoms with Crippen LogP contribution in [-0.4, -0.2) is 60.9 Å². The molecule has 0 saturated carbocycles. The van der Waals surface area contributed by atoms with E-state index in [0.717, 1.165) is 51.4 Å². The van der Waals surface area contributed by atoms with Crippen LogP contribution < -0.4 is 0 Å². The summed E-state index contributed by atoms with van der Waals surface area (Å²) >= 11 is 0. The molecule has 0 aromatic rings. The number of amides is 1. The van der Waals surface area contributed by atoms with Crippen LogP contribution in [0.1, 0.15) is 90.4 Å². The third-order valence-electron chi connectivity index (χ3n) is 5.38. The van der Waals surface area contributed by atoms with Gasteiger partial charge in [-0.1, -0.05) is 45.4 Å². The highest BCUT2D eigenvalue weighted by Gasteiger charge is 2.30. The standard InChI is InChI=1S/C22H41NO6/c1-3-16-28-29-18-19-14-15-20(24)17-23(19)21(25)12-10-8-6-4-5-7-9-11-13-22(26)27-2/h19-20,24H,3-18H2,1-2H3/t19-,20-/m1/s1. The van der Waals surface area contributed by atoms with Crippen molar-refractivity contribution in [3.8, 4) is 0 Å². The molecular weight excluding hydrogens is 374 g/mol. The molecule has 0 aromatic heterocycles. The van der Waals surface area contributed by atoms with Crippen molar-refractivity contribution in [2.45, 2.75) is 103 Å². The molecule has 1 rings (SSSR count). The topological polar surface area (TPSA) is 85.3 Å². The van der Waals surface area contributed by atoms with Crippen molar-refractivity contribution in [2.24, 2.45) is 0 Å². The second-order valence-corrected chi connectivity index (χ2v) is 7.94. The van der Waals surface area contributed by atoms with Gasteiger partial charge in [0.15, 0.2) is 0 Å². The highest BCUT2D eigenvalue weighted by Crippen LogP contribution is 2.20. The quantitative estimate of drug-likeness (QED) is 0.179. The molecule has 7 heteroatoms. The van der Waals surface area contributed by atoms with E-state index in [1.807, 2.05) is 6.92 Å². The van der Waals surface area contributed by atoms with E-state index in [0.29, 0.717) is 39.0 Å². The molecule has 0 aromatic carbocycles. The minimum atomic E-state index is -0.439. The number of aliphatic hydroxyl groups is 1. The molecular formula is C22H41NO6. The highest BCUT2D eigenvalue weighted by atomic mass is 17.2. The average molecular weight is 416 g/mol. The van der Waals surface area contributed by atoms with Gasteiger partial charge < -0.3 is 14.7 Å². The lowest BCUT2D eigenvalue weighted by Gasteiger charge is -2.37. The fraction of sp³-hybridized carbons (Fsp3) is 0.909. The average Bonchev–Trinajstić information content (AvgIpc) is 2.72. The monoisotopic (exact) mass is 415 g/mol. The predicted molar refractivity (Wildman–Crippen MR) is 111 cm³/mol. The normalized spacial score (nSPS) is 19.3. The maximum Gasteiger partial charge on any atom is 0.305 e. The second kappa shape index (κ2) is 16.6. The Morgan fingerprint density at radius 2 is 1.55 bits per heavy atom. The summed E-state index contributed by atoms with van der Waals surface area (Å²) in [6.07, 6.45) is 11.4. The van der Waals surface area contributed by atoms with Gasteiger partial charge in [-0.25, -0.2) is 9.78 Å². The lowest BCUT2D eigenvalue weighted by molar-refractivity contribution is -0.302. The summed E-state index contributed by atoms with van der Waals surface area (Å²) in [5, 5.41) is 9.94. The fourth-order valence-corrected chi connectivity index (χ4v) is 3.61. The van der Waals surface area contributed by atoms with Crippen molar-refractivity contribution in [3.05, 3.63) is 0 Å².